The summed E-state index contributed by atoms with van der Waals surface area (Å²) in [6.45, 7) is 0. The van der Waals surface area contributed by atoms with Crippen LogP contribution >= 0.6 is 67.8 Å². The third-order valence-corrected chi connectivity index (χ3v) is 7.98. The molecule has 1 aliphatic carbocycles. The summed E-state index contributed by atoms with van der Waals surface area (Å²) in [6, 6.07) is 0. The summed E-state index contributed by atoms with van der Waals surface area (Å²) in [7, 11) is 0. The van der Waals surface area contributed by atoms with E-state index in [1.807, 2.05) is 45.2 Å². The summed E-state index contributed by atoms with van der Waals surface area (Å²) in [5, 5.41) is 19.5. The number of carboxylic acids is 2. The SMILES string of the molecule is NC1=NC2(CCCCC2)N(c2c(I)c(C(=O)O)c(I)c(C(=O)O)c2I)C(N)=N1. The summed E-state index contributed by atoms with van der Waals surface area (Å²) in [6.07, 6.45) is 4.16. The Morgan fingerprint density at radius 3 is 1.89 bits per heavy atom. The number of hydrogen-bond donors (Lipinski definition) is 4. The molecule has 28 heavy (non-hydrogen) atoms. The number of hydrogen-bond acceptors (Lipinski definition) is 7. The molecule has 150 valence electrons. The molecule has 0 amide bonds. The molecule has 1 heterocycles. The van der Waals surface area contributed by atoms with Crippen molar-refractivity contribution in [3.05, 3.63) is 21.8 Å². The molecule has 1 aliphatic heterocycles. The summed E-state index contributed by atoms with van der Waals surface area (Å²) in [5.74, 6) is -2.26. The van der Waals surface area contributed by atoms with Gasteiger partial charge in [0.1, 0.15) is 5.66 Å². The molecule has 1 aromatic carbocycles. The van der Waals surface area contributed by atoms with Crippen LogP contribution in [0.15, 0.2) is 9.98 Å². The van der Waals surface area contributed by atoms with E-state index in [1.165, 1.54) is 0 Å². The van der Waals surface area contributed by atoms with E-state index in [2.05, 4.69) is 9.98 Å². The summed E-state index contributed by atoms with van der Waals surface area (Å²) < 4.78 is 0.953. The van der Waals surface area contributed by atoms with Crippen LogP contribution in [0.4, 0.5) is 5.69 Å². The maximum Gasteiger partial charge on any atom is 0.337 e. The Labute approximate surface area is 201 Å². The van der Waals surface area contributed by atoms with Crippen molar-refractivity contribution >= 4 is 97.3 Å². The van der Waals surface area contributed by atoms with Crippen LogP contribution in [0.3, 0.4) is 0 Å². The Morgan fingerprint density at radius 2 is 1.43 bits per heavy atom. The zero-order valence-corrected chi connectivity index (χ0v) is 20.8. The number of rotatable bonds is 3. The highest BCUT2D eigenvalue weighted by molar-refractivity contribution is 14.1. The Bertz CT molecular complexity index is 900. The van der Waals surface area contributed by atoms with Gasteiger partial charge in [0.2, 0.25) is 11.9 Å². The van der Waals surface area contributed by atoms with Crippen molar-refractivity contribution in [3.63, 3.8) is 0 Å². The lowest BCUT2D eigenvalue weighted by Crippen LogP contribution is -2.59. The van der Waals surface area contributed by atoms with Crippen LogP contribution in [0.1, 0.15) is 52.8 Å². The van der Waals surface area contributed by atoms with Crippen molar-refractivity contribution in [1.82, 2.24) is 0 Å². The van der Waals surface area contributed by atoms with Crippen LogP contribution in [0.5, 0.6) is 0 Å². The van der Waals surface area contributed by atoms with Crippen LogP contribution in [0.25, 0.3) is 0 Å². The minimum absolute atomic E-state index is 0.0723. The molecule has 1 aromatic rings. The van der Waals surface area contributed by atoms with Gasteiger partial charge in [-0.3, -0.25) is 4.90 Å². The van der Waals surface area contributed by atoms with Gasteiger partial charge in [0.15, 0.2) is 0 Å². The largest absolute Gasteiger partial charge is 0.478 e. The van der Waals surface area contributed by atoms with E-state index >= 15 is 0 Å². The molecule has 1 fully saturated rings. The third-order valence-electron chi connectivity index (χ3n) is 4.80. The van der Waals surface area contributed by atoms with Gasteiger partial charge in [-0.15, -0.1) is 0 Å². The molecule has 0 bridgehead atoms. The zero-order valence-electron chi connectivity index (χ0n) is 14.4. The van der Waals surface area contributed by atoms with Crippen molar-refractivity contribution in [3.8, 4) is 0 Å². The van der Waals surface area contributed by atoms with E-state index in [0.717, 1.165) is 19.3 Å². The molecule has 1 saturated carbocycles. The Hall–Kier alpha value is -0.910. The summed E-state index contributed by atoms with van der Waals surface area (Å²) >= 11 is 5.62. The predicted molar refractivity (Wildman–Crippen MR) is 130 cm³/mol. The van der Waals surface area contributed by atoms with Crippen molar-refractivity contribution in [2.24, 2.45) is 21.5 Å². The van der Waals surface area contributed by atoms with Gasteiger partial charge in [0, 0.05) is 3.57 Å². The molecule has 3 rings (SSSR count). The van der Waals surface area contributed by atoms with Crippen LogP contribution < -0.4 is 16.4 Å². The predicted octanol–water partition coefficient (Wildman–Crippen LogP) is 3.01. The van der Waals surface area contributed by atoms with Gasteiger partial charge in [-0.25, -0.2) is 14.6 Å². The highest BCUT2D eigenvalue weighted by atomic mass is 127. The Morgan fingerprint density at radius 1 is 0.929 bits per heavy atom. The maximum absolute atomic E-state index is 11.9. The average molecular weight is 723 g/mol. The first-order chi connectivity index (χ1) is 13.1. The highest BCUT2D eigenvalue weighted by Crippen LogP contribution is 2.45. The minimum atomic E-state index is -1.21. The molecular formula is C16H16I3N5O4. The fraction of sp³-hybridized carbons (Fsp3) is 0.375. The summed E-state index contributed by atoms with van der Waals surface area (Å²) in [4.78, 5) is 34.2. The highest BCUT2D eigenvalue weighted by Gasteiger charge is 2.45. The van der Waals surface area contributed by atoms with Gasteiger partial charge in [0.25, 0.3) is 0 Å². The van der Waals surface area contributed by atoms with Crippen molar-refractivity contribution in [1.29, 1.82) is 0 Å². The fourth-order valence-corrected chi connectivity index (χ4v) is 8.24. The molecule has 0 unspecified atom stereocenters. The van der Waals surface area contributed by atoms with Crippen molar-refractivity contribution < 1.29 is 19.8 Å². The van der Waals surface area contributed by atoms with E-state index in [4.69, 9.17) is 11.5 Å². The topological polar surface area (TPSA) is 155 Å². The second-order valence-corrected chi connectivity index (χ2v) is 9.71. The lowest BCUT2D eigenvalue weighted by atomic mass is 9.87. The van der Waals surface area contributed by atoms with E-state index in [9.17, 15) is 19.8 Å². The molecule has 2 aliphatic rings. The van der Waals surface area contributed by atoms with Crippen LogP contribution in [0, 0.1) is 10.7 Å². The molecule has 1 spiro atoms. The molecule has 6 N–H and O–H groups in total. The smallest absolute Gasteiger partial charge is 0.337 e. The number of guanidine groups is 2. The van der Waals surface area contributed by atoms with Crippen molar-refractivity contribution in [2.75, 3.05) is 4.90 Å². The molecular weight excluding hydrogens is 707 g/mol. The monoisotopic (exact) mass is 723 g/mol. The number of nitrogens with zero attached hydrogens (tertiary/aromatic N) is 3. The first-order valence-corrected chi connectivity index (χ1v) is 11.5. The number of carbonyl (C=O) groups is 2. The van der Waals surface area contributed by atoms with Gasteiger partial charge >= 0.3 is 11.9 Å². The molecule has 0 atom stereocenters. The standard InChI is InChI=1S/C16H16I3N5O4/c17-8-6(12(25)26)9(18)11(10(19)7(8)13(27)28)24-15(21)22-14(20)23-16(24)4-2-1-3-5-16/h1-5H2,(H,25,26)(H,27,28)(H4,20,21,22,23). The number of anilines is 1. The number of benzene rings is 1. The van der Waals surface area contributed by atoms with Gasteiger partial charge in [0.05, 0.1) is 24.0 Å². The molecule has 12 heteroatoms. The molecule has 0 radical (unpaired) electrons. The van der Waals surface area contributed by atoms with Gasteiger partial charge in [-0.2, -0.15) is 4.99 Å². The minimum Gasteiger partial charge on any atom is -0.478 e. The fourth-order valence-electron chi connectivity index (χ4n) is 3.67. The van der Waals surface area contributed by atoms with Crippen LogP contribution in [-0.4, -0.2) is 39.7 Å². The second-order valence-electron chi connectivity index (χ2n) is 6.47. The van der Waals surface area contributed by atoms with E-state index in [0.29, 0.717) is 25.7 Å². The average Bonchev–Trinajstić information content (AvgIpc) is 2.57. The van der Waals surface area contributed by atoms with Gasteiger partial charge < -0.3 is 21.7 Å². The Balaban J connectivity index is 2.37. The number of aliphatic imine (C=N–C) groups is 2. The van der Waals surface area contributed by atoms with Gasteiger partial charge in [-0.1, -0.05) is 6.42 Å². The van der Waals surface area contributed by atoms with E-state index in [-0.39, 0.29) is 26.6 Å². The first-order valence-electron chi connectivity index (χ1n) is 8.27. The number of halogens is 3. The summed E-state index contributed by atoms with van der Waals surface area (Å²) in [5.41, 5.74) is 11.6. The Kier molecular flexibility index (Phi) is 6.29. The lowest BCUT2D eigenvalue weighted by Gasteiger charge is -2.46. The number of aromatic carboxylic acids is 2. The molecule has 0 aromatic heterocycles. The molecule has 0 saturated heterocycles. The maximum atomic E-state index is 11.9. The van der Waals surface area contributed by atoms with E-state index < -0.39 is 17.6 Å². The first kappa shape index (κ1) is 21.8. The number of nitrogens with two attached hydrogens (primary N) is 2. The van der Waals surface area contributed by atoms with Crippen molar-refractivity contribution in [2.45, 2.75) is 37.8 Å². The lowest BCUT2D eigenvalue weighted by molar-refractivity contribution is 0.0694. The second kappa shape index (κ2) is 8.08. The van der Waals surface area contributed by atoms with Crippen LogP contribution in [0.2, 0.25) is 0 Å². The zero-order chi connectivity index (χ0) is 20.8. The van der Waals surface area contributed by atoms with E-state index in [1.54, 1.807) is 27.5 Å². The molecule has 9 nitrogen and oxygen atoms in total. The van der Waals surface area contributed by atoms with Crippen LogP contribution in [-0.2, 0) is 0 Å². The van der Waals surface area contributed by atoms with Gasteiger partial charge in [-0.05, 0) is 93.5 Å². The normalized spacial score (nSPS) is 18.6. The number of carboxylic acid groups (broad SMARTS) is 2. The quantitative estimate of drug-likeness (QED) is 0.350. The third kappa shape index (κ3) is 3.54.